The Morgan fingerprint density at radius 2 is 2.00 bits per heavy atom. The Bertz CT molecular complexity index is 497. The largest absolute Gasteiger partial charge is 0.478 e. The number of carbonyl (C=O) groups is 1. The molecule has 2 N–H and O–H groups in total. The molecule has 1 aromatic carbocycles. The SMILES string of the molecule is CN(C)C1(CNc2cc(Br)cc(C(=O)O)c2)CCCC1. The van der Waals surface area contributed by atoms with Crippen LogP contribution in [0.4, 0.5) is 5.69 Å². The van der Waals surface area contributed by atoms with Crippen LogP contribution in [-0.2, 0) is 0 Å². The summed E-state index contributed by atoms with van der Waals surface area (Å²) in [5.41, 5.74) is 1.34. The molecule has 0 saturated heterocycles. The Hall–Kier alpha value is -1.07. The molecule has 1 aliphatic rings. The van der Waals surface area contributed by atoms with Crippen molar-refractivity contribution in [3.63, 3.8) is 0 Å². The average molecular weight is 341 g/mol. The maximum absolute atomic E-state index is 11.1. The Kier molecular flexibility index (Phi) is 4.70. The highest BCUT2D eigenvalue weighted by Crippen LogP contribution is 2.34. The number of hydrogen-bond donors (Lipinski definition) is 2. The minimum absolute atomic E-state index is 0.186. The summed E-state index contributed by atoms with van der Waals surface area (Å²) in [6.07, 6.45) is 4.90. The van der Waals surface area contributed by atoms with Gasteiger partial charge in [0.1, 0.15) is 0 Å². The van der Waals surface area contributed by atoms with Crippen LogP contribution < -0.4 is 5.32 Å². The molecule has 4 nitrogen and oxygen atoms in total. The molecule has 0 atom stereocenters. The fraction of sp³-hybridized carbons (Fsp3) is 0.533. The summed E-state index contributed by atoms with van der Waals surface area (Å²) in [5, 5.41) is 12.5. The van der Waals surface area contributed by atoms with Crippen molar-refractivity contribution in [3.8, 4) is 0 Å². The van der Waals surface area contributed by atoms with Crippen molar-refractivity contribution in [2.75, 3.05) is 26.0 Å². The summed E-state index contributed by atoms with van der Waals surface area (Å²) in [4.78, 5) is 13.4. The van der Waals surface area contributed by atoms with E-state index in [1.54, 1.807) is 12.1 Å². The lowest BCUT2D eigenvalue weighted by atomic mass is 9.96. The zero-order valence-corrected chi connectivity index (χ0v) is 13.5. The van der Waals surface area contributed by atoms with E-state index in [0.717, 1.165) is 16.7 Å². The summed E-state index contributed by atoms with van der Waals surface area (Å²) in [6.45, 7) is 0.843. The number of nitrogens with zero attached hydrogens (tertiary/aromatic N) is 1. The van der Waals surface area contributed by atoms with E-state index in [9.17, 15) is 4.79 Å². The normalized spacial score (nSPS) is 17.4. The standard InChI is InChI=1S/C15H21BrN2O2/c1-18(2)15(5-3-4-6-15)10-17-13-8-11(14(19)20)7-12(16)9-13/h7-9,17H,3-6,10H2,1-2H3,(H,19,20). The Balaban J connectivity index is 2.12. The molecule has 0 radical (unpaired) electrons. The number of likely N-dealkylation sites (N-methyl/N-ethyl adjacent to an activating group) is 1. The van der Waals surface area contributed by atoms with E-state index in [1.807, 2.05) is 6.07 Å². The van der Waals surface area contributed by atoms with Crippen LogP contribution in [0.3, 0.4) is 0 Å². The topological polar surface area (TPSA) is 52.6 Å². The number of nitrogens with one attached hydrogen (secondary N) is 1. The molecule has 0 spiro atoms. The number of halogens is 1. The Morgan fingerprint density at radius 1 is 1.35 bits per heavy atom. The van der Waals surface area contributed by atoms with E-state index in [0.29, 0.717) is 5.56 Å². The lowest BCUT2D eigenvalue weighted by molar-refractivity contribution is 0.0697. The quantitative estimate of drug-likeness (QED) is 0.862. The van der Waals surface area contributed by atoms with Gasteiger partial charge in [0.25, 0.3) is 0 Å². The fourth-order valence-corrected chi connectivity index (χ4v) is 3.39. The van der Waals surface area contributed by atoms with Crippen LogP contribution in [0.5, 0.6) is 0 Å². The second kappa shape index (κ2) is 6.14. The van der Waals surface area contributed by atoms with E-state index < -0.39 is 5.97 Å². The van der Waals surface area contributed by atoms with Gasteiger partial charge in [0, 0.05) is 22.2 Å². The van der Waals surface area contributed by atoms with Gasteiger partial charge >= 0.3 is 5.97 Å². The van der Waals surface area contributed by atoms with Gasteiger partial charge in [0.15, 0.2) is 0 Å². The molecule has 1 fully saturated rings. The highest BCUT2D eigenvalue weighted by molar-refractivity contribution is 9.10. The van der Waals surface area contributed by atoms with Gasteiger partial charge in [-0.25, -0.2) is 4.79 Å². The number of carboxylic acids is 1. The summed E-state index contributed by atoms with van der Waals surface area (Å²) >= 11 is 3.36. The molecule has 5 heteroatoms. The zero-order chi connectivity index (χ0) is 14.8. The first kappa shape index (κ1) is 15.3. The monoisotopic (exact) mass is 340 g/mol. The molecule has 0 aromatic heterocycles. The van der Waals surface area contributed by atoms with E-state index in [-0.39, 0.29) is 5.54 Å². The third kappa shape index (κ3) is 3.33. The third-order valence-corrected chi connectivity index (χ3v) is 4.71. The summed E-state index contributed by atoms with van der Waals surface area (Å²) in [5.74, 6) is -0.905. The number of aromatic carboxylic acids is 1. The van der Waals surface area contributed by atoms with Crippen molar-refractivity contribution in [2.24, 2.45) is 0 Å². The van der Waals surface area contributed by atoms with Crippen LogP contribution >= 0.6 is 15.9 Å². The smallest absolute Gasteiger partial charge is 0.335 e. The predicted molar refractivity (Wildman–Crippen MR) is 84.5 cm³/mol. The first-order valence-electron chi connectivity index (χ1n) is 6.88. The Morgan fingerprint density at radius 3 is 2.55 bits per heavy atom. The molecule has 110 valence electrons. The van der Waals surface area contributed by atoms with Crippen molar-refractivity contribution in [3.05, 3.63) is 28.2 Å². The second-order valence-electron chi connectivity index (χ2n) is 5.71. The first-order valence-corrected chi connectivity index (χ1v) is 7.67. The number of benzene rings is 1. The number of rotatable bonds is 5. The van der Waals surface area contributed by atoms with E-state index >= 15 is 0 Å². The van der Waals surface area contributed by atoms with Crippen molar-refractivity contribution in [1.82, 2.24) is 4.90 Å². The van der Waals surface area contributed by atoms with Crippen molar-refractivity contribution >= 4 is 27.6 Å². The molecule has 2 rings (SSSR count). The molecule has 0 amide bonds. The summed E-state index contributed by atoms with van der Waals surface area (Å²) in [7, 11) is 4.24. The van der Waals surface area contributed by atoms with Crippen LogP contribution in [0.25, 0.3) is 0 Å². The number of anilines is 1. The minimum Gasteiger partial charge on any atom is -0.478 e. The molecule has 0 unspecified atom stereocenters. The molecule has 0 bridgehead atoms. The van der Waals surface area contributed by atoms with E-state index in [1.165, 1.54) is 25.7 Å². The van der Waals surface area contributed by atoms with Crippen molar-refractivity contribution in [2.45, 2.75) is 31.2 Å². The molecule has 1 aliphatic carbocycles. The van der Waals surface area contributed by atoms with Gasteiger partial charge in [0.05, 0.1) is 5.56 Å². The zero-order valence-electron chi connectivity index (χ0n) is 11.9. The van der Waals surface area contributed by atoms with Gasteiger partial charge in [-0.2, -0.15) is 0 Å². The van der Waals surface area contributed by atoms with Gasteiger partial charge in [-0.15, -0.1) is 0 Å². The minimum atomic E-state index is -0.905. The maximum atomic E-state index is 11.1. The van der Waals surface area contributed by atoms with Gasteiger partial charge in [0.2, 0.25) is 0 Å². The highest BCUT2D eigenvalue weighted by Gasteiger charge is 2.35. The summed E-state index contributed by atoms with van der Waals surface area (Å²) in [6, 6.07) is 5.22. The van der Waals surface area contributed by atoms with Crippen LogP contribution in [-0.4, -0.2) is 42.2 Å². The van der Waals surface area contributed by atoms with Gasteiger partial charge in [-0.3, -0.25) is 0 Å². The molecule has 0 heterocycles. The predicted octanol–water partition coefficient (Wildman–Crippen LogP) is 3.43. The van der Waals surface area contributed by atoms with E-state index in [4.69, 9.17) is 5.11 Å². The van der Waals surface area contributed by atoms with Crippen LogP contribution in [0, 0.1) is 0 Å². The molecule has 1 aromatic rings. The van der Waals surface area contributed by atoms with Gasteiger partial charge < -0.3 is 15.3 Å². The van der Waals surface area contributed by atoms with Crippen LogP contribution in [0.1, 0.15) is 36.0 Å². The maximum Gasteiger partial charge on any atom is 0.335 e. The molecule has 1 saturated carbocycles. The van der Waals surface area contributed by atoms with Gasteiger partial charge in [-0.1, -0.05) is 28.8 Å². The molecule has 20 heavy (non-hydrogen) atoms. The van der Waals surface area contributed by atoms with Crippen molar-refractivity contribution in [1.29, 1.82) is 0 Å². The molecular formula is C15H21BrN2O2. The fourth-order valence-electron chi connectivity index (χ4n) is 2.90. The molecular weight excluding hydrogens is 320 g/mol. The molecule has 0 aliphatic heterocycles. The third-order valence-electron chi connectivity index (χ3n) is 4.25. The first-order chi connectivity index (χ1) is 9.43. The lowest BCUT2D eigenvalue weighted by Gasteiger charge is -2.36. The van der Waals surface area contributed by atoms with Crippen molar-refractivity contribution < 1.29 is 9.90 Å². The highest BCUT2D eigenvalue weighted by atomic mass is 79.9. The average Bonchev–Trinajstić information content (AvgIpc) is 2.86. The van der Waals surface area contributed by atoms with Gasteiger partial charge in [-0.05, 0) is 45.1 Å². The van der Waals surface area contributed by atoms with E-state index in [2.05, 4.69) is 40.2 Å². The second-order valence-corrected chi connectivity index (χ2v) is 6.63. The lowest BCUT2D eigenvalue weighted by Crippen LogP contribution is -2.47. The Labute approximate surface area is 128 Å². The van der Waals surface area contributed by atoms with Crippen LogP contribution in [0.2, 0.25) is 0 Å². The number of carboxylic acid groups (broad SMARTS) is 1. The number of hydrogen-bond acceptors (Lipinski definition) is 3. The summed E-state index contributed by atoms with van der Waals surface area (Å²) < 4.78 is 0.783. The van der Waals surface area contributed by atoms with Crippen LogP contribution in [0.15, 0.2) is 22.7 Å².